The second-order valence-corrected chi connectivity index (χ2v) is 6.12. The minimum atomic E-state index is 0.549. The maximum atomic E-state index is 5.45. The summed E-state index contributed by atoms with van der Waals surface area (Å²) in [6, 6.07) is 13.6. The van der Waals surface area contributed by atoms with Gasteiger partial charge in [-0.15, -0.1) is 5.10 Å². The number of methoxy groups -OCH3 is 3. The van der Waals surface area contributed by atoms with E-state index in [1.807, 2.05) is 42.5 Å². The summed E-state index contributed by atoms with van der Waals surface area (Å²) in [4.78, 5) is 9.50. The van der Waals surface area contributed by atoms with Gasteiger partial charge in [0.15, 0.2) is 23.0 Å². The first-order valence-corrected chi connectivity index (χ1v) is 8.86. The first kappa shape index (κ1) is 18.0. The third-order valence-corrected chi connectivity index (χ3v) is 4.40. The zero-order valence-corrected chi connectivity index (χ0v) is 16.0. The topological polar surface area (TPSA) is 82.8 Å². The molecule has 2 aromatic carbocycles. The Morgan fingerprint density at radius 1 is 0.964 bits per heavy atom. The number of fused-ring (bicyclic) bond motifs is 3. The molecule has 0 aliphatic rings. The Morgan fingerprint density at radius 3 is 2.43 bits per heavy atom. The number of hydrogen-bond donors (Lipinski definition) is 1. The number of anilines is 1. The summed E-state index contributed by atoms with van der Waals surface area (Å²) in [5.74, 6) is 2.43. The van der Waals surface area contributed by atoms with E-state index < -0.39 is 0 Å². The van der Waals surface area contributed by atoms with E-state index in [0.717, 1.165) is 16.5 Å². The van der Waals surface area contributed by atoms with Crippen molar-refractivity contribution in [2.75, 3.05) is 39.8 Å². The summed E-state index contributed by atoms with van der Waals surface area (Å²) < 4.78 is 17.7. The molecular formula is C20H21N5O3. The van der Waals surface area contributed by atoms with Crippen molar-refractivity contribution in [2.45, 2.75) is 0 Å². The molecule has 0 radical (unpaired) electrons. The zero-order valence-electron chi connectivity index (χ0n) is 16.0. The van der Waals surface area contributed by atoms with Crippen LogP contribution in [0.5, 0.6) is 11.5 Å². The van der Waals surface area contributed by atoms with E-state index in [1.54, 1.807) is 25.8 Å². The molecule has 1 N–H and O–H groups in total. The van der Waals surface area contributed by atoms with Crippen LogP contribution in [0.3, 0.4) is 0 Å². The third kappa shape index (κ3) is 3.18. The minimum absolute atomic E-state index is 0.549. The predicted octanol–water partition coefficient (Wildman–Crippen LogP) is 3.02. The lowest BCUT2D eigenvalue weighted by atomic mass is 10.2. The summed E-state index contributed by atoms with van der Waals surface area (Å²) in [6.07, 6.45) is 0. The van der Waals surface area contributed by atoms with E-state index in [4.69, 9.17) is 24.2 Å². The van der Waals surface area contributed by atoms with Crippen LogP contribution in [0.15, 0.2) is 42.5 Å². The van der Waals surface area contributed by atoms with Crippen molar-refractivity contribution in [1.82, 2.24) is 19.6 Å². The number of ether oxygens (including phenoxy) is 3. The molecule has 28 heavy (non-hydrogen) atoms. The Hall–Kier alpha value is -3.39. The fourth-order valence-corrected chi connectivity index (χ4v) is 3.02. The highest BCUT2D eigenvalue weighted by atomic mass is 16.5. The van der Waals surface area contributed by atoms with E-state index in [0.29, 0.717) is 42.1 Å². The van der Waals surface area contributed by atoms with Crippen LogP contribution in [-0.4, -0.2) is 54.1 Å². The second-order valence-electron chi connectivity index (χ2n) is 6.12. The van der Waals surface area contributed by atoms with Crippen molar-refractivity contribution in [3.63, 3.8) is 0 Å². The van der Waals surface area contributed by atoms with Crippen molar-refractivity contribution in [2.24, 2.45) is 0 Å². The highest BCUT2D eigenvalue weighted by Gasteiger charge is 2.17. The van der Waals surface area contributed by atoms with Crippen molar-refractivity contribution in [3.8, 4) is 22.9 Å². The van der Waals surface area contributed by atoms with Gasteiger partial charge in [0, 0.05) is 30.7 Å². The molecule has 0 amide bonds. The fourth-order valence-electron chi connectivity index (χ4n) is 3.02. The normalized spacial score (nSPS) is 11.1. The summed E-state index contributed by atoms with van der Waals surface area (Å²) in [7, 11) is 4.87. The van der Waals surface area contributed by atoms with Crippen molar-refractivity contribution in [3.05, 3.63) is 42.5 Å². The van der Waals surface area contributed by atoms with E-state index in [-0.39, 0.29) is 0 Å². The lowest BCUT2D eigenvalue weighted by Gasteiger charge is -2.11. The van der Waals surface area contributed by atoms with E-state index >= 15 is 0 Å². The van der Waals surface area contributed by atoms with Gasteiger partial charge in [-0.3, -0.25) is 0 Å². The van der Waals surface area contributed by atoms with Crippen molar-refractivity contribution < 1.29 is 14.2 Å². The third-order valence-electron chi connectivity index (χ3n) is 4.40. The van der Waals surface area contributed by atoms with E-state index in [1.165, 1.54) is 0 Å². The molecule has 2 heterocycles. The maximum Gasteiger partial charge on any atom is 0.226 e. The monoisotopic (exact) mass is 379 g/mol. The van der Waals surface area contributed by atoms with Gasteiger partial charge in [-0.25, -0.2) is 9.97 Å². The quantitative estimate of drug-likeness (QED) is 0.494. The molecule has 0 bridgehead atoms. The van der Waals surface area contributed by atoms with Crippen LogP contribution in [0, 0.1) is 0 Å². The lowest BCUT2D eigenvalue weighted by molar-refractivity contribution is 0.210. The van der Waals surface area contributed by atoms with Crippen molar-refractivity contribution in [1.29, 1.82) is 0 Å². The van der Waals surface area contributed by atoms with Gasteiger partial charge < -0.3 is 19.5 Å². The van der Waals surface area contributed by atoms with Gasteiger partial charge in [0.05, 0.1) is 26.3 Å². The molecule has 0 fully saturated rings. The van der Waals surface area contributed by atoms with Gasteiger partial charge in [0.25, 0.3) is 0 Å². The number of rotatable bonds is 7. The smallest absolute Gasteiger partial charge is 0.226 e. The summed E-state index contributed by atoms with van der Waals surface area (Å²) in [5.41, 5.74) is 2.35. The van der Waals surface area contributed by atoms with Crippen LogP contribution < -0.4 is 14.8 Å². The molecule has 8 nitrogen and oxygen atoms in total. The zero-order chi connectivity index (χ0) is 19.5. The Bertz CT molecular complexity index is 1110. The highest BCUT2D eigenvalue weighted by molar-refractivity contribution is 5.95. The molecule has 0 saturated heterocycles. The van der Waals surface area contributed by atoms with E-state index in [9.17, 15) is 0 Å². The highest BCUT2D eigenvalue weighted by Crippen LogP contribution is 2.34. The van der Waals surface area contributed by atoms with Gasteiger partial charge in [-0.2, -0.15) is 4.52 Å². The van der Waals surface area contributed by atoms with Gasteiger partial charge >= 0.3 is 0 Å². The molecule has 4 rings (SSSR count). The number of nitrogens with zero attached hydrogens (tertiary/aromatic N) is 4. The largest absolute Gasteiger partial charge is 0.493 e. The molecule has 0 spiro atoms. The molecule has 4 aromatic rings. The standard InChI is InChI=1S/C20H21N5O3/c1-26-10-9-21-20-22-15-12-17(28-3)16(27-2)11-14(15)19-23-18(24-25(19)20)13-7-5-4-6-8-13/h4-8,11-12H,9-10H2,1-3H3,(H,21,22). The number of hydrogen-bond acceptors (Lipinski definition) is 7. The Kier molecular flexibility index (Phi) is 4.94. The van der Waals surface area contributed by atoms with Gasteiger partial charge in [0.1, 0.15) is 0 Å². The molecule has 144 valence electrons. The first-order chi connectivity index (χ1) is 13.7. The average Bonchev–Trinajstić information content (AvgIpc) is 3.19. The van der Waals surface area contributed by atoms with Crippen LogP contribution in [0.4, 0.5) is 5.95 Å². The Labute approximate surface area is 162 Å². The van der Waals surface area contributed by atoms with Crippen LogP contribution in [0.1, 0.15) is 0 Å². The number of aromatic nitrogens is 4. The predicted molar refractivity (Wildman–Crippen MR) is 107 cm³/mol. The average molecular weight is 379 g/mol. The summed E-state index contributed by atoms with van der Waals surface area (Å²) in [6.45, 7) is 1.14. The van der Waals surface area contributed by atoms with Crippen LogP contribution >= 0.6 is 0 Å². The molecule has 0 aliphatic heterocycles. The molecule has 0 atom stereocenters. The summed E-state index contributed by atoms with van der Waals surface area (Å²) >= 11 is 0. The van der Waals surface area contributed by atoms with E-state index in [2.05, 4.69) is 10.4 Å². The number of nitrogens with one attached hydrogen (secondary N) is 1. The number of benzene rings is 2. The molecule has 0 unspecified atom stereocenters. The summed E-state index contributed by atoms with van der Waals surface area (Å²) in [5, 5.41) is 8.77. The maximum absolute atomic E-state index is 5.45. The molecule has 0 saturated carbocycles. The molecule has 0 aliphatic carbocycles. The SMILES string of the molecule is COCCNc1nc2cc(OC)c(OC)cc2c2nc(-c3ccccc3)nn12. The minimum Gasteiger partial charge on any atom is -0.493 e. The lowest BCUT2D eigenvalue weighted by Crippen LogP contribution is -2.13. The first-order valence-electron chi connectivity index (χ1n) is 8.86. The fraction of sp³-hybridized carbons (Fsp3) is 0.250. The van der Waals surface area contributed by atoms with Gasteiger partial charge in [0.2, 0.25) is 5.95 Å². The molecule has 2 aromatic heterocycles. The van der Waals surface area contributed by atoms with Crippen LogP contribution in [-0.2, 0) is 4.74 Å². The molecular weight excluding hydrogens is 358 g/mol. The van der Waals surface area contributed by atoms with Gasteiger partial charge in [-0.05, 0) is 6.07 Å². The Morgan fingerprint density at radius 2 is 1.71 bits per heavy atom. The molecule has 8 heteroatoms. The van der Waals surface area contributed by atoms with Gasteiger partial charge in [-0.1, -0.05) is 30.3 Å². The van der Waals surface area contributed by atoms with Crippen LogP contribution in [0.25, 0.3) is 27.9 Å². The van der Waals surface area contributed by atoms with Crippen LogP contribution in [0.2, 0.25) is 0 Å². The Balaban J connectivity index is 1.96. The second kappa shape index (κ2) is 7.69. The van der Waals surface area contributed by atoms with Crippen molar-refractivity contribution >= 4 is 22.5 Å².